The van der Waals surface area contributed by atoms with E-state index in [1.165, 1.54) is 6.92 Å². The van der Waals surface area contributed by atoms with Crippen molar-refractivity contribution in [1.29, 1.82) is 0 Å². The monoisotopic (exact) mass is 669 g/mol. The molecular formula is C29H47N7O11. The van der Waals surface area contributed by atoms with E-state index < -0.39 is 53.8 Å². The van der Waals surface area contributed by atoms with Crippen molar-refractivity contribution in [2.75, 3.05) is 13.1 Å². The van der Waals surface area contributed by atoms with Crippen molar-refractivity contribution >= 4 is 41.7 Å². The Bertz CT molecular complexity index is 1190. The lowest BCUT2D eigenvalue weighted by molar-refractivity contribution is -0.143. The molecule has 0 saturated heterocycles. The summed E-state index contributed by atoms with van der Waals surface area (Å²) in [4.78, 5) is 80.1. The number of carbonyl (C=O) groups is 7. The van der Waals surface area contributed by atoms with Crippen molar-refractivity contribution in [3.63, 3.8) is 0 Å². The molecule has 1 aromatic heterocycles. The van der Waals surface area contributed by atoms with Crippen LogP contribution in [0.3, 0.4) is 0 Å². The Morgan fingerprint density at radius 3 is 1.98 bits per heavy atom. The van der Waals surface area contributed by atoms with Crippen LogP contribution in [0.25, 0.3) is 0 Å². The van der Waals surface area contributed by atoms with Crippen molar-refractivity contribution in [2.45, 2.75) is 109 Å². The van der Waals surface area contributed by atoms with Gasteiger partial charge in [0.25, 0.3) is 0 Å². The van der Waals surface area contributed by atoms with Gasteiger partial charge in [0.2, 0.25) is 11.8 Å². The van der Waals surface area contributed by atoms with Gasteiger partial charge in [-0.25, -0.2) is 14.4 Å². The maximum atomic E-state index is 12.1. The third-order valence-corrected chi connectivity index (χ3v) is 7.11. The molecule has 1 aromatic rings. The van der Waals surface area contributed by atoms with E-state index in [4.69, 9.17) is 15.3 Å². The first-order valence-electron chi connectivity index (χ1n) is 15.7. The van der Waals surface area contributed by atoms with Crippen LogP contribution in [-0.4, -0.2) is 102 Å². The second-order valence-electron chi connectivity index (χ2n) is 11.2. The van der Waals surface area contributed by atoms with Crippen LogP contribution in [0.5, 0.6) is 0 Å². The maximum absolute atomic E-state index is 12.1. The first kappa shape index (κ1) is 40.3. The Hall–Kier alpha value is -4.77. The molecule has 0 saturated carbocycles. The fourth-order valence-corrected chi connectivity index (χ4v) is 4.28. The number of unbranched alkanes of at least 4 members (excludes halogenated alkanes) is 5. The van der Waals surface area contributed by atoms with E-state index in [1.54, 1.807) is 10.9 Å². The van der Waals surface area contributed by atoms with E-state index in [1.807, 2.05) is 0 Å². The van der Waals surface area contributed by atoms with E-state index in [2.05, 4.69) is 31.6 Å². The second kappa shape index (κ2) is 22.7. The van der Waals surface area contributed by atoms with E-state index in [0.29, 0.717) is 51.0 Å². The molecule has 18 nitrogen and oxygen atoms in total. The standard InChI is InChI=1S/C29H47N7O11/c1-19(26(41)42)10-12-24(38)32-22(28(45)46)17-20-18-36(35-34-20)16-8-3-2-5-9-23(37)30-14-6-4-7-15-31-29(47)33-21(27(43)44)11-13-25(39)40/h18-19,21-22H,2-17H2,1H3,(H,30,37)(H,32,38)(H,39,40)(H,41,42)(H,43,44)(H,45,46)(H2,31,33,47)/t19?,21-,22?/m0/s1. The molecule has 0 aliphatic heterocycles. The molecule has 2 unspecified atom stereocenters. The smallest absolute Gasteiger partial charge is 0.326 e. The molecule has 0 fully saturated rings. The predicted octanol–water partition coefficient (Wildman–Crippen LogP) is 0.745. The number of carboxylic acids is 4. The van der Waals surface area contributed by atoms with Crippen LogP contribution in [0.15, 0.2) is 6.20 Å². The zero-order valence-corrected chi connectivity index (χ0v) is 26.6. The van der Waals surface area contributed by atoms with Gasteiger partial charge in [-0.05, 0) is 44.9 Å². The minimum absolute atomic E-state index is 0.0547. The van der Waals surface area contributed by atoms with Crippen LogP contribution in [0.2, 0.25) is 0 Å². The Morgan fingerprint density at radius 1 is 0.702 bits per heavy atom. The van der Waals surface area contributed by atoms with Crippen LogP contribution >= 0.6 is 0 Å². The zero-order chi connectivity index (χ0) is 35.2. The Morgan fingerprint density at radius 2 is 1.34 bits per heavy atom. The van der Waals surface area contributed by atoms with Crippen molar-refractivity contribution in [3.8, 4) is 0 Å². The highest BCUT2D eigenvalue weighted by atomic mass is 16.4. The van der Waals surface area contributed by atoms with Crippen LogP contribution in [0.4, 0.5) is 4.79 Å². The number of nitrogens with zero attached hydrogens (tertiary/aromatic N) is 3. The molecule has 1 heterocycles. The van der Waals surface area contributed by atoms with Crippen molar-refractivity contribution in [3.05, 3.63) is 11.9 Å². The second-order valence-corrected chi connectivity index (χ2v) is 11.2. The average Bonchev–Trinajstić information content (AvgIpc) is 3.45. The van der Waals surface area contributed by atoms with Gasteiger partial charge < -0.3 is 41.7 Å². The molecule has 1 rings (SSSR count). The summed E-state index contributed by atoms with van der Waals surface area (Å²) in [7, 11) is 0. The SMILES string of the molecule is CC(CCC(=O)NC(Cc1cn(CCCCCCC(=O)NCCCCCNC(=O)N[C@@H](CCC(=O)O)C(=O)O)nn1)C(=O)O)C(=O)O. The normalized spacial score (nSPS) is 12.7. The molecule has 0 aliphatic rings. The van der Waals surface area contributed by atoms with Crippen LogP contribution in [0, 0.1) is 5.92 Å². The summed E-state index contributed by atoms with van der Waals surface area (Å²) < 4.78 is 1.59. The summed E-state index contributed by atoms with van der Waals surface area (Å²) in [6, 6.07) is -3.18. The number of aryl methyl sites for hydroxylation is 1. The predicted molar refractivity (Wildman–Crippen MR) is 164 cm³/mol. The van der Waals surface area contributed by atoms with E-state index in [0.717, 1.165) is 25.7 Å². The van der Waals surface area contributed by atoms with Gasteiger partial charge in [0.15, 0.2) is 0 Å². The summed E-state index contributed by atoms with van der Waals surface area (Å²) in [6.07, 6.45) is 6.56. The fraction of sp³-hybridized carbons (Fsp3) is 0.690. The molecular weight excluding hydrogens is 622 g/mol. The zero-order valence-electron chi connectivity index (χ0n) is 26.6. The van der Waals surface area contributed by atoms with Gasteiger partial charge in [-0.2, -0.15) is 0 Å². The number of carboxylic acid groups (broad SMARTS) is 4. The lowest BCUT2D eigenvalue weighted by Gasteiger charge is -2.14. The maximum Gasteiger partial charge on any atom is 0.326 e. The first-order valence-corrected chi connectivity index (χ1v) is 15.7. The molecule has 8 N–H and O–H groups in total. The molecule has 47 heavy (non-hydrogen) atoms. The summed E-state index contributed by atoms with van der Waals surface area (Å²) in [5.74, 6) is -6.03. The molecule has 4 amide bonds. The average molecular weight is 670 g/mol. The Balaban J connectivity index is 2.14. The molecule has 0 spiro atoms. The minimum Gasteiger partial charge on any atom is -0.481 e. The van der Waals surface area contributed by atoms with Gasteiger partial charge in [-0.1, -0.05) is 25.0 Å². The molecule has 264 valence electrons. The van der Waals surface area contributed by atoms with Crippen molar-refractivity contribution < 1.29 is 54.0 Å². The van der Waals surface area contributed by atoms with E-state index >= 15 is 0 Å². The highest BCUT2D eigenvalue weighted by Crippen LogP contribution is 2.08. The lowest BCUT2D eigenvalue weighted by atomic mass is 10.1. The van der Waals surface area contributed by atoms with Gasteiger partial charge >= 0.3 is 29.9 Å². The van der Waals surface area contributed by atoms with Crippen LogP contribution in [-0.2, 0) is 41.7 Å². The van der Waals surface area contributed by atoms with Gasteiger partial charge in [0.05, 0.1) is 11.6 Å². The van der Waals surface area contributed by atoms with Gasteiger partial charge in [-0.3, -0.25) is 23.9 Å². The van der Waals surface area contributed by atoms with Gasteiger partial charge in [0, 0.05) is 51.5 Å². The highest BCUT2D eigenvalue weighted by molar-refractivity contribution is 5.84. The summed E-state index contributed by atoms with van der Waals surface area (Å²) in [5.41, 5.74) is 0.397. The number of urea groups is 1. The van der Waals surface area contributed by atoms with E-state index in [9.17, 15) is 38.7 Å². The quantitative estimate of drug-likeness (QED) is 0.0633. The van der Waals surface area contributed by atoms with Crippen LogP contribution < -0.4 is 21.3 Å². The Kier molecular flexibility index (Phi) is 19.4. The molecule has 0 aliphatic carbocycles. The number of nitrogens with one attached hydrogen (secondary N) is 4. The lowest BCUT2D eigenvalue weighted by Crippen LogP contribution is -2.46. The molecule has 0 bridgehead atoms. The Labute approximate surface area is 272 Å². The summed E-state index contributed by atoms with van der Waals surface area (Å²) in [5, 5.41) is 54.1. The number of carbonyl (C=O) groups excluding carboxylic acids is 3. The third kappa shape index (κ3) is 19.4. The first-order chi connectivity index (χ1) is 22.3. The van der Waals surface area contributed by atoms with Crippen molar-refractivity contribution in [1.82, 2.24) is 36.3 Å². The van der Waals surface area contributed by atoms with E-state index in [-0.39, 0.29) is 38.0 Å². The number of aromatic nitrogens is 3. The topological polar surface area (TPSA) is 279 Å². The largest absolute Gasteiger partial charge is 0.481 e. The summed E-state index contributed by atoms with van der Waals surface area (Å²) in [6.45, 7) is 2.82. The minimum atomic E-state index is -1.31. The van der Waals surface area contributed by atoms with Crippen molar-refractivity contribution in [2.24, 2.45) is 5.92 Å². The third-order valence-electron chi connectivity index (χ3n) is 7.11. The van der Waals surface area contributed by atoms with Gasteiger partial charge in [-0.15, -0.1) is 5.10 Å². The molecule has 18 heteroatoms. The fourth-order valence-electron chi connectivity index (χ4n) is 4.28. The number of rotatable bonds is 26. The number of hydrogen-bond donors (Lipinski definition) is 8. The summed E-state index contributed by atoms with van der Waals surface area (Å²) >= 11 is 0. The molecule has 3 atom stereocenters. The number of aliphatic carboxylic acids is 4. The molecule has 0 radical (unpaired) electrons. The molecule has 0 aromatic carbocycles. The van der Waals surface area contributed by atoms with Crippen LogP contribution in [0.1, 0.15) is 89.7 Å². The number of amides is 4. The number of hydrogen-bond acceptors (Lipinski definition) is 9. The highest BCUT2D eigenvalue weighted by Gasteiger charge is 2.23. The van der Waals surface area contributed by atoms with Gasteiger partial charge in [0.1, 0.15) is 12.1 Å².